The summed E-state index contributed by atoms with van der Waals surface area (Å²) in [4.78, 5) is 12.1. The zero-order valence-electron chi connectivity index (χ0n) is 10.7. The van der Waals surface area contributed by atoms with E-state index in [1.807, 2.05) is 19.1 Å². The number of rotatable bonds is 6. The van der Waals surface area contributed by atoms with E-state index in [-0.39, 0.29) is 5.97 Å². The van der Waals surface area contributed by atoms with Crippen LogP contribution in [0.5, 0.6) is 0 Å². The van der Waals surface area contributed by atoms with Gasteiger partial charge in [-0.15, -0.1) is 6.58 Å². The predicted molar refractivity (Wildman–Crippen MR) is 73.6 cm³/mol. The summed E-state index contributed by atoms with van der Waals surface area (Å²) >= 11 is 5.99. The van der Waals surface area contributed by atoms with Gasteiger partial charge in [0.2, 0.25) is 0 Å². The van der Waals surface area contributed by atoms with E-state index in [1.54, 1.807) is 18.2 Å². The number of hydrogen-bond donors (Lipinski definition) is 1. The molecule has 0 saturated carbocycles. The minimum absolute atomic E-state index is 0.325. The van der Waals surface area contributed by atoms with Crippen LogP contribution in [-0.4, -0.2) is 19.6 Å². The topological polar surface area (TPSA) is 38.3 Å². The lowest BCUT2D eigenvalue weighted by molar-refractivity contribution is -0.149. The molecular weight excluding hydrogens is 250 g/mol. The Bertz CT molecular complexity index is 434. The van der Waals surface area contributed by atoms with Crippen LogP contribution in [0.4, 0.5) is 0 Å². The van der Waals surface area contributed by atoms with Crippen molar-refractivity contribution < 1.29 is 9.53 Å². The number of carbonyl (C=O) groups excluding carboxylic acids is 1. The first-order valence-corrected chi connectivity index (χ1v) is 6.19. The van der Waals surface area contributed by atoms with E-state index in [1.165, 1.54) is 7.11 Å². The predicted octanol–water partition coefficient (Wildman–Crippen LogP) is 2.89. The second-order valence-corrected chi connectivity index (χ2v) is 4.37. The van der Waals surface area contributed by atoms with E-state index in [4.69, 9.17) is 16.3 Å². The van der Waals surface area contributed by atoms with Gasteiger partial charge < -0.3 is 4.74 Å². The van der Waals surface area contributed by atoms with Crippen LogP contribution < -0.4 is 5.32 Å². The SMILES string of the molecule is C=CCNC(CC)(C(=O)OC)c1cccc(Cl)c1. The van der Waals surface area contributed by atoms with Gasteiger partial charge in [-0.05, 0) is 24.1 Å². The first kappa shape index (κ1) is 14.7. The molecule has 0 spiro atoms. The highest BCUT2D eigenvalue weighted by Crippen LogP contribution is 2.28. The van der Waals surface area contributed by atoms with E-state index < -0.39 is 5.54 Å². The lowest BCUT2D eigenvalue weighted by Gasteiger charge is -2.31. The molecule has 1 rings (SSSR count). The van der Waals surface area contributed by atoms with Gasteiger partial charge in [0.25, 0.3) is 0 Å². The summed E-state index contributed by atoms with van der Waals surface area (Å²) in [6, 6.07) is 7.23. The van der Waals surface area contributed by atoms with E-state index in [0.717, 1.165) is 5.56 Å². The lowest BCUT2D eigenvalue weighted by atomic mass is 9.87. The lowest BCUT2D eigenvalue weighted by Crippen LogP contribution is -2.49. The van der Waals surface area contributed by atoms with Crippen molar-refractivity contribution in [2.75, 3.05) is 13.7 Å². The smallest absolute Gasteiger partial charge is 0.330 e. The Morgan fingerprint density at radius 3 is 2.83 bits per heavy atom. The molecule has 1 aromatic carbocycles. The fourth-order valence-electron chi connectivity index (χ4n) is 1.94. The first-order valence-electron chi connectivity index (χ1n) is 5.81. The Kier molecular flexibility index (Phi) is 5.38. The molecule has 18 heavy (non-hydrogen) atoms. The van der Waals surface area contributed by atoms with Crippen molar-refractivity contribution in [1.82, 2.24) is 5.32 Å². The minimum Gasteiger partial charge on any atom is -0.467 e. The van der Waals surface area contributed by atoms with E-state index in [9.17, 15) is 4.79 Å². The Hall–Kier alpha value is -1.32. The molecule has 0 radical (unpaired) electrons. The summed E-state index contributed by atoms with van der Waals surface area (Å²) in [7, 11) is 1.38. The molecule has 4 heteroatoms. The fraction of sp³-hybridized carbons (Fsp3) is 0.357. The van der Waals surface area contributed by atoms with Crippen LogP contribution in [0.1, 0.15) is 18.9 Å². The molecule has 0 bridgehead atoms. The highest BCUT2D eigenvalue weighted by atomic mass is 35.5. The average Bonchev–Trinajstić information content (AvgIpc) is 2.39. The van der Waals surface area contributed by atoms with Gasteiger partial charge in [0, 0.05) is 11.6 Å². The molecule has 3 nitrogen and oxygen atoms in total. The Balaban J connectivity index is 3.24. The molecule has 0 saturated heterocycles. The van der Waals surface area contributed by atoms with E-state index >= 15 is 0 Å². The third-order valence-electron chi connectivity index (χ3n) is 2.93. The second-order valence-electron chi connectivity index (χ2n) is 3.93. The maximum absolute atomic E-state index is 12.1. The summed E-state index contributed by atoms with van der Waals surface area (Å²) in [6.07, 6.45) is 2.27. The number of hydrogen-bond acceptors (Lipinski definition) is 3. The van der Waals surface area contributed by atoms with Gasteiger partial charge in [0.05, 0.1) is 7.11 Å². The quantitative estimate of drug-likeness (QED) is 0.636. The molecule has 1 N–H and O–H groups in total. The molecule has 1 aromatic rings. The van der Waals surface area contributed by atoms with Crippen molar-refractivity contribution in [1.29, 1.82) is 0 Å². The normalized spacial score (nSPS) is 13.7. The van der Waals surface area contributed by atoms with Gasteiger partial charge >= 0.3 is 5.97 Å². The Morgan fingerprint density at radius 2 is 2.33 bits per heavy atom. The third-order valence-corrected chi connectivity index (χ3v) is 3.16. The largest absolute Gasteiger partial charge is 0.467 e. The highest BCUT2D eigenvalue weighted by molar-refractivity contribution is 6.30. The second kappa shape index (κ2) is 6.57. The monoisotopic (exact) mass is 267 g/mol. The Labute approximate surface area is 113 Å². The molecule has 0 aromatic heterocycles. The maximum Gasteiger partial charge on any atom is 0.330 e. The number of benzene rings is 1. The van der Waals surface area contributed by atoms with Crippen LogP contribution in [0.3, 0.4) is 0 Å². The molecule has 0 heterocycles. The number of ether oxygens (including phenoxy) is 1. The van der Waals surface area contributed by atoms with E-state index in [0.29, 0.717) is 18.0 Å². The van der Waals surface area contributed by atoms with Crippen molar-refractivity contribution in [3.8, 4) is 0 Å². The van der Waals surface area contributed by atoms with Crippen LogP contribution >= 0.6 is 11.6 Å². The maximum atomic E-state index is 12.1. The number of esters is 1. The molecule has 98 valence electrons. The highest BCUT2D eigenvalue weighted by Gasteiger charge is 2.39. The molecule has 1 atom stereocenters. The van der Waals surface area contributed by atoms with Crippen molar-refractivity contribution in [3.05, 3.63) is 47.5 Å². The molecule has 0 aliphatic carbocycles. The summed E-state index contributed by atoms with van der Waals surface area (Å²) in [5, 5.41) is 3.77. The fourth-order valence-corrected chi connectivity index (χ4v) is 2.13. The van der Waals surface area contributed by atoms with Crippen molar-refractivity contribution in [2.24, 2.45) is 0 Å². The summed E-state index contributed by atoms with van der Waals surface area (Å²) in [6.45, 7) is 6.09. The Morgan fingerprint density at radius 1 is 1.61 bits per heavy atom. The van der Waals surface area contributed by atoms with E-state index in [2.05, 4.69) is 11.9 Å². The summed E-state index contributed by atoms with van der Waals surface area (Å²) < 4.78 is 4.92. The minimum atomic E-state index is -0.881. The van der Waals surface area contributed by atoms with Crippen LogP contribution in [0.2, 0.25) is 5.02 Å². The van der Waals surface area contributed by atoms with Gasteiger partial charge in [0.1, 0.15) is 5.54 Å². The molecule has 0 fully saturated rings. The van der Waals surface area contributed by atoms with Crippen molar-refractivity contribution in [2.45, 2.75) is 18.9 Å². The molecule has 1 unspecified atom stereocenters. The number of halogens is 1. The van der Waals surface area contributed by atoms with Gasteiger partial charge in [-0.3, -0.25) is 5.32 Å². The van der Waals surface area contributed by atoms with Gasteiger partial charge in [0.15, 0.2) is 0 Å². The molecular formula is C14H18ClNO2. The zero-order chi connectivity index (χ0) is 13.6. The standard InChI is InChI=1S/C14H18ClNO2/c1-4-9-16-14(5-2,13(17)18-3)11-7-6-8-12(15)10-11/h4,6-8,10,16H,1,5,9H2,2-3H3. The number of nitrogens with one attached hydrogen (secondary N) is 1. The summed E-state index contributed by atoms with van der Waals surface area (Å²) in [5.41, 5.74) is -0.0837. The third kappa shape index (κ3) is 2.92. The molecule has 0 aliphatic heterocycles. The molecule has 0 aliphatic rings. The van der Waals surface area contributed by atoms with Gasteiger partial charge in [-0.1, -0.05) is 36.7 Å². The number of carbonyl (C=O) groups is 1. The van der Waals surface area contributed by atoms with Crippen molar-refractivity contribution >= 4 is 17.6 Å². The van der Waals surface area contributed by atoms with Gasteiger partial charge in [-0.25, -0.2) is 4.79 Å². The number of methoxy groups -OCH3 is 1. The first-order chi connectivity index (χ1) is 8.60. The van der Waals surface area contributed by atoms with Crippen molar-refractivity contribution in [3.63, 3.8) is 0 Å². The van der Waals surface area contributed by atoms with Gasteiger partial charge in [-0.2, -0.15) is 0 Å². The molecule has 0 amide bonds. The summed E-state index contributed by atoms with van der Waals surface area (Å²) in [5.74, 6) is -0.325. The van der Waals surface area contributed by atoms with Crippen LogP contribution in [0, 0.1) is 0 Å². The van der Waals surface area contributed by atoms with Crippen LogP contribution in [-0.2, 0) is 15.1 Å². The van der Waals surface area contributed by atoms with Crippen LogP contribution in [0.15, 0.2) is 36.9 Å². The van der Waals surface area contributed by atoms with Crippen LogP contribution in [0.25, 0.3) is 0 Å². The zero-order valence-corrected chi connectivity index (χ0v) is 11.5. The average molecular weight is 268 g/mol.